The largest absolute Gasteiger partial charge is 0.507 e. The van der Waals surface area contributed by atoms with E-state index in [1.165, 1.54) is 4.90 Å². The first-order valence-electron chi connectivity index (χ1n) is 11.0. The molecule has 1 fully saturated rings. The van der Waals surface area contributed by atoms with Gasteiger partial charge in [0.25, 0.3) is 11.7 Å². The molecule has 33 heavy (non-hydrogen) atoms. The molecule has 1 aliphatic rings. The lowest BCUT2D eigenvalue weighted by Crippen LogP contribution is -2.31. The predicted molar refractivity (Wildman–Crippen MR) is 125 cm³/mol. The van der Waals surface area contributed by atoms with E-state index < -0.39 is 17.7 Å². The summed E-state index contributed by atoms with van der Waals surface area (Å²) < 4.78 is 16.2. The lowest BCUT2D eigenvalue weighted by atomic mass is 9.93. The van der Waals surface area contributed by atoms with Crippen LogP contribution in [0.4, 0.5) is 0 Å². The van der Waals surface area contributed by atoms with E-state index in [0.29, 0.717) is 42.2 Å². The van der Waals surface area contributed by atoms with Gasteiger partial charge in [0.05, 0.1) is 31.9 Å². The Kier molecular flexibility index (Phi) is 7.76. The van der Waals surface area contributed by atoms with Gasteiger partial charge in [0.15, 0.2) is 0 Å². The molecule has 3 rings (SSSR count). The standard InChI is InChI=1S/C26H31NO6/c1-16(2)33-13-7-12-27-23(18-8-6-9-19(15-18)31-4)22(25(29)26(27)30)24(28)21-11-10-20(32-5)14-17(21)3/h6,8-11,14-16,23,28H,7,12-13H2,1-5H3/b24-22-. The fourth-order valence-corrected chi connectivity index (χ4v) is 4.00. The number of aliphatic hydroxyl groups is 1. The second kappa shape index (κ2) is 10.5. The smallest absolute Gasteiger partial charge is 0.295 e. The number of methoxy groups -OCH3 is 2. The van der Waals surface area contributed by atoms with Gasteiger partial charge in [-0.05, 0) is 68.7 Å². The molecule has 176 valence electrons. The van der Waals surface area contributed by atoms with Crippen LogP contribution in [0.15, 0.2) is 48.0 Å². The molecule has 2 aromatic rings. The summed E-state index contributed by atoms with van der Waals surface area (Å²) >= 11 is 0. The topological polar surface area (TPSA) is 85.3 Å². The van der Waals surface area contributed by atoms with E-state index in [9.17, 15) is 14.7 Å². The summed E-state index contributed by atoms with van der Waals surface area (Å²) in [5.41, 5.74) is 1.95. The van der Waals surface area contributed by atoms with Gasteiger partial charge in [-0.3, -0.25) is 9.59 Å². The zero-order valence-corrected chi connectivity index (χ0v) is 19.8. The maximum Gasteiger partial charge on any atom is 0.295 e. The van der Waals surface area contributed by atoms with Crippen molar-refractivity contribution < 1.29 is 28.9 Å². The predicted octanol–water partition coefficient (Wildman–Crippen LogP) is 4.25. The minimum Gasteiger partial charge on any atom is -0.507 e. The second-order valence-corrected chi connectivity index (χ2v) is 8.22. The van der Waals surface area contributed by atoms with E-state index in [-0.39, 0.29) is 17.4 Å². The van der Waals surface area contributed by atoms with Crippen LogP contribution in [0, 0.1) is 6.92 Å². The molecule has 0 radical (unpaired) electrons. The first-order valence-corrected chi connectivity index (χ1v) is 11.0. The highest BCUT2D eigenvalue weighted by Gasteiger charge is 2.46. The number of hydrogen-bond acceptors (Lipinski definition) is 6. The molecule has 1 aliphatic heterocycles. The highest BCUT2D eigenvalue weighted by molar-refractivity contribution is 6.46. The summed E-state index contributed by atoms with van der Waals surface area (Å²) in [4.78, 5) is 27.7. The number of ether oxygens (including phenoxy) is 3. The number of nitrogens with zero attached hydrogens (tertiary/aromatic N) is 1. The number of aryl methyl sites for hydroxylation is 1. The number of aliphatic hydroxyl groups excluding tert-OH is 1. The van der Waals surface area contributed by atoms with Gasteiger partial charge in [-0.15, -0.1) is 0 Å². The van der Waals surface area contributed by atoms with Crippen LogP contribution in [0.2, 0.25) is 0 Å². The van der Waals surface area contributed by atoms with Crippen LogP contribution in [0.1, 0.15) is 43.0 Å². The Bertz CT molecular complexity index is 1060. The molecule has 7 nitrogen and oxygen atoms in total. The maximum atomic E-state index is 13.1. The third kappa shape index (κ3) is 5.20. The van der Waals surface area contributed by atoms with E-state index in [1.807, 2.05) is 26.8 Å². The molecular formula is C26H31NO6. The molecule has 0 bridgehead atoms. The quantitative estimate of drug-likeness (QED) is 0.264. The number of rotatable bonds is 9. The van der Waals surface area contributed by atoms with Crippen LogP contribution in [0.3, 0.4) is 0 Å². The summed E-state index contributed by atoms with van der Waals surface area (Å²) in [5.74, 6) is -0.316. The summed E-state index contributed by atoms with van der Waals surface area (Å²) in [6.07, 6.45) is 0.639. The number of benzene rings is 2. The van der Waals surface area contributed by atoms with Crippen molar-refractivity contribution in [3.05, 3.63) is 64.7 Å². The van der Waals surface area contributed by atoms with E-state index in [2.05, 4.69) is 0 Å². The van der Waals surface area contributed by atoms with E-state index >= 15 is 0 Å². The van der Waals surface area contributed by atoms with Crippen molar-refractivity contribution in [1.29, 1.82) is 0 Å². The number of Topliss-reactive ketones (excluding diaryl/α,β-unsaturated/α-hetero) is 1. The molecule has 0 saturated carbocycles. The van der Waals surface area contributed by atoms with Crippen LogP contribution in [0.25, 0.3) is 5.76 Å². The normalized spacial score (nSPS) is 17.6. The van der Waals surface area contributed by atoms with Crippen LogP contribution in [-0.4, -0.2) is 55.2 Å². The maximum absolute atomic E-state index is 13.1. The third-order valence-corrected chi connectivity index (χ3v) is 5.63. The van der Waals surface area contributed by atoms with Gasteiger partial charge >= 0.3 is 0 Å². The molecule has 1 heterocycles. The second-order valence-electron chi connectivity index (χ2n) is 8.22. The van der Waals surface area contributed by atoms with Crippen molar-refractivity contribution in [2.24, 2.45) is 0 Å². The van der Waals surface area contributed by atoms with Crippen molar-refractivity contribution in [3.8, 4) is 11.5 Å². The Morgan fingerprint density at radius 1 is 1.06 bits per heavy atom. The minimum atomic E-state index is -0.736. The Labute approximate surface area is 194 Å². The van der Waals surface area contributed by atoms with Gasteiger partial charge in [-0.25, -0.2) is 0 Å². The fraction of sp³-hybridized carbons (Fsp3) is 0.385. The Balaban J connectivity index is 2.08. The monoisotopic (exact) mass is 453 g/mol. The number of amides is 1. The first-order chi connectivity index (χ1) is 15.8. The number of carbonyl (C=O) groups is 2. The molecule has 7 heteroatoms. The molecule has 1 saturated heterocycles. The van der Waals surface area contributed by atoms with Gasteiger partial charge in [-0.2, -0.15) is 0 Å². The minimum absolute atomic E-state index is 0.0614. The molecule has 0 aliphatic carbocycles. The molecule has 2 aromatic carbocycles. The van der Waals surface area contributed by atoms with Gasteiger partial charge in [-0.1, -0.05) is 12.1 Å². The fourth-order valence-electron chi connectivity index (χ4n) is 4.00. The van der Waals surface area contributed by atoms with Crippen molar-refractivity contribution in [3.63, 3.8) is 0 Å². The number of ketones is 1. The Morgan fingerprint density at radius 2 is 1.76 bits per heavy atom. The van der Waals surface area contributed by atoms with Crippen molar-refractivity contribution in [2.45, 2.75) is 39.3 Å². The zero-order chi connectivity index (χ0) is 24.1. The average Bonchev–Trinajstić information content (AvgIpc) is 3.06. The molecule has 0 aromatic heterocycles. The summed E-state index contributed by atoms with van der Waals surface area (Å²) in [7, 11) is 3.12. The van der Waals surface area contributed by atoms with Crippen LogP contribution < -0.4 is 9.47 Å². The van der Waals surface area contributed by atoms with Crippen LogP contribution >= 0.6 is 0 Å². The highest BCUT2D eigenvalue weighted by Crippen LogP contribution is 2.41. The number of likely N-dealkylation sites (tertiary alicyclic amines) is 1. The van der Waals surface area contributed by atoms with E-state index in [1.54, 1.807) is 50.6 Å². The van der Waals surface area contributed by atoms with Crippen molar-refractivity contribution >= 4 is 17.4 Å². The van der Waals surface area contributed by atoms with Gasteiger partial charge in [0, 0.05) is 18.7 Å². The molecule has 1 N–H and O–H groups in total. The summed E-state index contributed by atoms with van der Waals surface area (Å²) in [6, 6.07) is 11.6. The Morgan fingerprint density at radius 3 is 2.39 bits per heavy atom. The van der Waals surface area contributed by atoms with Gasteiger partial charge in [0.2, 0.25) is 0 Å². The highest BCUT2D eigenvalue weighted by atomic mass is 16.5. The van der Waals surface area contributed by atoms with Crippen molar-refractivity contribution in [2.75, 3.05) is 27.4 Å². The van der Waals surface area contributed by atoms with E-state index in [4.69, 9.17) is 14.2 Å². The molecule has 1 amide bonds. The van der Waals surface area contributed by atoms with Crippen LogP contribution in [-0.2, 0) is 14.3 Å². The number of hydrogen-bond donors (Lipinski definition) is 1. The van der Waals surface area contributed by atoms with Crippen molar-refractivity contribution in [1.82, 2.24) is 4.90 Å². The lowest BCUT2D eigenvalue weighted by molar-refractivity contribution is -0.140. The first kappa shape index (κ1) is 24.3. The molecule has 0 spiro atoms. The van der Waals surface area contributed by atoms with Gasteiger partial charge < -0.3 is 24.2 Å². The number of carbonyl (C=O) groups excluding carboxylic acids is 2. The summed E-state index contributed by atoms with van der Waals surface area (Å²) in [5, 5.41) is 11.3. The molecule has 1 atom stereocenters. The molecular weight excluding hydrogens is 422 g/mol. The zero-order valence-electron chi connectivity index (χ0n) is 19.8. The Hall–Kier alpha value is -3.32. The summed E-state index contributed by atoms with van der Waals surface area (Å²) in [6.45, 7) is 6.48. The van der Waals surface area contributed by atoms with Crippen LogP contribution in [0.5, 0.6) is 11.5 Å². The third-order valence-electron chi connectivity index (χ3n) is 5.63. The lowest BCUT2D eigenvalue weighted by Gasteiger charge is -2.26. The molecule has 1 unspecified atom stereocenters. The van der Waals surface area contributed by atoms with E-state index in [0.717, 1.165) is 5.56 Å². The van der Waals surface area contributed by atoms with Gasteiger partial charge in [0.1, 0.15) is 17.3 Å². The average molecular weight is 454 g/mol. The SMILES string of the molecule is COc1cccc(C2/C(=C(/O)c3ccc(OC)cc3C)C(=O)C(=O)N2CCCOC(C)C)c1.